The van der Waals surface area contributed by atoms with Gasteiger partial charge in [0.2, 0.25) is 27.7 Å². The van der Waals surface area contributed by atoms with Crippen molar-refractivity contribution in [2.45, 2.75) is 116 Å². The smallest absolute Gasteiger partial charge is 0.408 e. The van der Waals surface area contributed by atoms with Crippen LogP contribution < -0.4 is 20.1 Å². The van der Waals surface area contributed by atoms with E-state index in [9.17, 15) is 27.6 Å². The van der Waals surface area contributed by atoms with Crippen molar-refractivity contribution >= 4 is 44.6 Å². The first-order valence-corrected chi connectivity index (χ1v) is 17.9. The molecule has 268 valence electrons. The van der Waals surface area contributed by atoms with Crippen molar-refractivity contribution in [3.05, 3.63) is 42.6 Å². The fraction of sp³-hybridized carbons (Fsp3) is 0.588. The summed E-state index contributed by atoms with van der Waals surface area (Å²) in [4.78, 5) is 56.1. The van der Waals surface area contributed by atoms with E-state index in [4.69, 9.17) is 9.47 Å². The molecule has 4 rings (SSSR count). The minimum Gasteiger partial charge on any atom is -0.471 e. The van der Waals surface area contributed by atoms with Crippen LogP contribution in [0.5, 0.6) is 5.88 Å². The number of nitrogens with one attached hydrogen (secondary N) is 3. The topological polar surface area (TPSA) is 186 Å². The lowest BCUT2D eigenvalue weighted by Crippen LogP contribution is -2.62. The molecule has 1 aliphatic heterocycles. The number of sulfonamides is 1. The summed E-state index contributed by atoms with van der Waals surface area (Å²) >= 11 is 0. The molecule has 2 fully saturated rings. The molecule has 49 heavy (non-hydrogen) atoms. The fourth-order valence-electron chi connectivity index (χ4n) is 5.62. The Balaban J connectivity index is 1.67. The molecule has 1 aromatic carbocycles. The molecule has 0 bridgehead atoms. The first-order chi connectivity index (χ1) is 22.6. The molecule has 4 amide bonds. The number of amides is 4. The van der Waals surface area contributed by atoms with Gasteiger partial charge in [-0.1, -0.05) is 45.0 Å². The van der Waals surface area contributed by atoms with E-state index in [0.29, 0.717) is 23.9 Å². The van der Waals surface area contributed by atoms with Gasteiger partial charge in [0.05, 0.1) is 17.5 Å². The van der Waals surface area contributed by atoms with Gasteiger partial charge in [-0.25, -0.2) is 13.2 Å². The molecular formula is C34H48N6O8S. The van der Waals surface area contributed by atoms with E-state index < -0.39 is 73.8 Å². The van der Waals surface area contributed by atoms with E-state index in [0.717, 1.165) is 5.39 Å². The highest BCUT2D eigenvalue weighted by Gasteiger charge is 2.49. The van der Waals surface area contributed by atoms with Gasteiger partial charge in [0.1, 0.15) is 29.3 Å². The molecule has 4 atom stereocenters. The molecule has 2 aliphatic rings. The third-order valence-corrected chi connectivity index (χ3v) is 10.2. The molecule has 1 saturated carbocycles. The quantitative estimate of drug-likeness (QED) is 0.294. The molecule has 1 aromatic heterocycles. The van der Waals surface area contributed by atoms with E-state index in [2.05, 4.69) is 32.1 Å². The Labute approximate surface area is 287 Å². The number of nitrogens with zero attached hydrogens (tertiary/aromatic N) is 3. The number of ether oxygens (including phenoxy) is 2. The minimum atomic E-state index is -3.92. The van der Waals surface area contributed by atoms with Crippen LogP contribution >= 0.6 is 0 Å². The number of alkyl carbamates (subject to hydrolysis) is 1. The zero-order chi connectivity index (χ0) is 36.5. The van der Waals surface area contributed by atoms with Crippen molar-refractivity contribution in [1.82, 2.24) is 30.5 Å². The second-order valence-electron chi connectivity index (χ2n) is 15.1. The summed E-state index contributed by atoms with van der Waals surface area (Å²) in [6, 6.07) is 5.13. The number of likely N-dealkylation sites (tertiary alicyclic amines) is 1. The Kier molecular flexibility index (Phi) is 10.7. The number of hydrogen-bond donors (Lipinski definition) is 3. The monoisotopic (exact) mass is 700 g/mol. The number of carbonyl (C=O) groups is 4. The molecule has 1 aliphatic carbocycles. The molecule has 2 aromatic rings. The molecule has 0 spiro atoms. The van der Waals surface area contributed by atoms with Crippen LogP contribution in [0.25, 0.3) is 10.8 Å². The first kappa shape index (κ1) is 37.5. The Bertz CT molecular complexity index is 1730. The number of hydrogen-bond acceptors (Lipinski definition) is 10. The fourth-order valence-corrected chi connectivity index (χ4v) is 7.03. The van der Waals surface area contributed by atoms with E-state index in [1.807, 2.05) is 31.2 Å². The van der Waals surface area contributed by atoms with Crippen LogP contribution in [0, 0.1) is 12.3 Å². The average molecular weight is 701 g/mol. The zero-order valence-electron chi connectivity index (χ0n) is 29.5. The Morgan fingerprint density at radius 2 is 1.67 bits per heavy atom. The van der Waals surface area contributed by atoms with E-state index in [-0.39, 0.29) is 25.3 Å². The van der Waals surface area contributed by atoms with Gasteiger partial charge in [-0.15, -0.1) is 11.7 Å². The third kappa shape index (κ3) is 9.05. The molecule has 14 nitrogen and oxygen atoms in total. The maximum Gasteiger partial charge on any atom is 0.408 e. The Morgan fingerprint density at radius 3 is 2.24 bits per heavy atom. The van der Waals surface area contributed by atoms with Gasteiger partial charge in [0.15, 0.2) is 0 Å². The van der Waals surface area contributed by atoms with Crippen LogP contribution in [0.15, 0.2) is 36.9 Å². The summed E-state index contributed by atoms with van der Waals surface area (Å²) in [6.45, 7) is 17.3. The summed E-state index contributed by atoms with van der Waals surface area (Å²) in [6.07, 6.45) is 0.646. The number of benzene rings is 1. The molecule has 2 heterocycles. The first-order valence-electron chi connectivity index (χ1n) is 16.3. The zero-order valence-corrected chi connectivity index (χ0v) is 30.3. The maximum atomic E-state index is 14.4. The van der Waals surface area contributed by atoms with Crippen LogP contribution in [0.2, 0.25) is 0 Å². The van der Waals surface area contributed by atoms with Crippen molar-refractivity contribution in [2.24, 2.45) is 5.41 Å². The number of rotatable bonds is 11. The summed E-state index contributed by atoms with van der Waals surface area (Å²) in [5.41, 5.74) is -2.66. The summed E-state index contributed by atoms with van der Waals surface area (Å²) < 4.78 is 39.1. The van der Waals surface area contributed by atoms with E-state index in [1.165, 1.54) is 17.9 Å². The van der Waals surface area contributed by atoms with Crippen LogP contribution in [0.3, 0.4) is 0 Å². The second-order valence-corrected chi connectivity index (χ2v) is 17.0. The van der Waals surface area contributed by atoms with Gasteiger partial charge in [0, 0.05) is 17.2 Å². The molecule has 1 saturated heterocycles. The summed E-state index contributed by atoms with van der Waals surface area (Å²) in [7, 11) is -3.92. The van der Waals surface area contributed by atoms with Gasteiger partial charge in [-0.05, 0) is 65.4 Å². The summed E-state index contributed by atoms with van der Waals surface area (Å²) in [5, 5.41) is 14.7. The molecule has 0 unspecified atom stereocenters. The Morgan fingerprint density at radius 1 is 1.04 bits per heavy atom. The van der Waals surface area contributed by atoms with Gasteiger partial charge in [0.25, 0.3) is 5.91 Å². The molecule has 15 heteroatoms. The van der Waals surface area contributed by atoms with Gasteiger partial charge in [-0.2, -0.15) is 5.10 Å². The van der Waals surface area contributed by atoms with Crippen molar-refractivity contribution < 1.29 is 37.1 Å². The molecule has 0 radical (unpaired) electrons. The largest absolute Gasteiger partial charge is 0.471 e. The molecule has 3 N–H and O–H groups in total. The SMILES string of the molecule is C=CC[C@@](C)(NC(=O)[C@@H]1C[C@@H](Oc2nnc(C)c3ccccc23)CN1C(=O)[C@@H](NC(=O)OC(C)(C)C)C(C)(C)C)C(=O)NS(=O)(=O)C1CC1. The Hall–Kier alpha value is -4.27. The normalized spacial score (nSPS) is 20.1. The lowest BCUT2D eigenvalue weighted by molar-refractivity contribution is -0.143. The number of carbonyl (C=O) groups excluding carboxylic acids is 4. The van der Waals surface area contributed by atoms with Crippen LogP contribution in [-0.4, -0.2) is 88.5 Å². The second kappa shape index (κ2) is 13.9. The average Bonchev–Trinajstić information content (AvgIpc) is 3.77. The van der Waals surface area contributed by atoms with Crippen molar-refractivity contribution in [3.63, 3.8) is 0 Å². The van der Waals surface area contributed by atoms with E-state index >= 15 is 0 Å². The highest BCUT2D eigenvalue weighted by Crippen LogP contribution is 2.32. The van der Waals surface area contributed by atoms with Crippen LogP contribution in [0.1, 0.15) is 79.8 Å². The highest BCUT2D eigenvalue weighted by atomic mass is 32.2. The van der Waals surface area contributed by atoms with Crippen molar-refractivity contribution in [1.29, 1.82) is 0 Å². The van der Waals surface area contributed by atoms with Crippen LogP contribution in [-0.2, 0) is 29.1 Å². The summed E-state index contributed by atoms with van der Waals surface area (Å²) in [5.74, 6) is -1.99. The van der Waals surface area contributed by atoms with E-state index in [1.54, 1.807) is 41.5 Å². The van der Waals surface area contributed by atoms with Crippen molar-refractivity contribution in [2.75, 3.05) is 6.54 Å². The maximum absolute atomic E-state index is 14.4. The predicted molar refractivity (Wildman–Crippen MR) is 183 cm³/mol. The van der Waals surface area contributed by atoms with Crippen LogP contribution in [0.4, 0.5) is 4.79 Å². The number of aromatic nitrogens is 2. The van der Waals surface area contributed by atoms with Gasteiger partial charge in [-0.3, -0.25) is 19.1 Å². The number of aryl methyl sites for hydroxylation is 1. The lowest BCUT2D eigenvalue weighted by atomic mass is 9.85. The molecular weight excluding hydrogens is 652 g/mol. The predicted octanol–water partition coefficient (Wildman–Crippen LogP) is 3.29. The van der Waals surface area contributed by atoms with Gasteiger partial charge >= 0.3 is 6.09 Å². The van der Waals surface area contributed by atoms with Crippen molar-refractivity contribution in [3.8, 4) is 5.88 Å². The highest BCUT2D eigenvalue weighted by molar-refractivity contribution is 7.91. The standard InChI is InChI=1S/C34H48N6O8S/c1-10-17-34(9,30(43)39-49(45,46)22-15-16-22)36-27(41)25-18-21(47-28-24-14-12-11-13-23(24)20(2)37-38-28)19-40(25)29(42)26(32(3,4)5)35-31(44)48-33(6,7)8/h10-14,21-22,25-26H,1,15-19H2,2-9H3,(H,35,44)(H,36,41)(H,39,43)/t21-,25+,26-,34-/m1/s1. The van der Waals surface area contributed by atoms with Gasteiger partial charge < -0.3 is 25.0 Å². The third-order valence-electron chi connectivity index (χ3n) is 8.39. The lowest BCUT2D eigenvalue weighted by Gasteiger charge is -2.36. The minimum absolute atomic E-state index is 0.00306. The number of fused-ring (bicyclic) bond motifs is 1.